The second-order valence-electron chi connectivity index (χ2n) is 16.4. The van der Waals surface area contributed by atoms with Crippen LogP contribution in [-0.4, -0.2) is 37.2 Å². The minimum absolute atomic E-state index is 0.118. The Morgan fingerprint density at radius 2 is 0.703 bits per heavy atom. The molecular weight excluding hydrogens is 793 g/mol. The Morgan fingerprint density at radius 3 is 1.22 bits per heavy atom. The van der Waals surface area contributed by atoms with Crippen molar-refractivity contribution in [3.05, 3.63) is 122 Å². The van der Waals surface area contributed by atoms with Crippen molar-refractivity contribution in [3.8, 4) is 0 Å². The average molecular weight is 885 g/mol. The van der Waals surface area contributed by atoms with Crippen molar-refractivity contribution in [1.82, 2.24) is 0 Å². The molecule has 0 radical (unpaired) electrons. The van der Waals surface area contributed by atoms with E-state index in [0.717, 1.165) is 103 Å². The summed E-state index contributed by atoms with van der Waals surface area (Å²) in [6.07, 6.45) is 70.5. The molecule has 0 aliphatic carbocycles. The van der Waals surface area contributed by atoms with Crippen LogP contribution < -0.4 is 0 Å². The van der Waals surface area contributed by atoms with Gasteiger partial charge in [0.1, 0.15) is 13.2 Å². The van der Waals surface area contributed by atoms with Gasteiger partial charge in [-0.25, -0.2) is 0 Å². The van der Waals surface area contributed by atoms with Gasteiger partial charge in [-0.05, 0) is 96.3 Å². The van der Waals surface area contributed by atoms with Crippen LogP contribution in [0.1, 0.15) is 207 Å². The van der Waals surface area contributed by atoms with Crippen LogP contribution in [0.2, 0.25) is 0 Å². The Labute approximate surface area is 392 Å². The quantitative estimate of drug-likeness (QED) is 0.0199. The number of hydrogen-bond acceptors (Lipinski definition) is 6. The van der Waals surface area contributed by atoms with E-state index in [0.29, 0.717) is 12.8 Å². The SMILES string of the molecule is CC/C=C/C=C/C=C/C=C/C=C/CCCC(=O)OCC(COC(=O)CCCCCCCC/C=C/C/C=C/C/C=C/C/C=C/CC)OC(=O)CCCCC/C=C/CCCCCCCCC. The zero-order chi connectivity index (χ0) is 46.5. The number of carbonyl (C=O) groups is 3. The van der Waals surface area contributed by atoms with E-state index < -0.39 is 6.10 Å². The molecule has 6 nitrogen and oxygen atoms in total. The monoisotopic (exact) mass is 885 g/mol. The maximum atomic E-state index is 12.8. The zero-order valence-electron chi connectivity index (χ0n) is 41.0. The first-order valence-electron chi connectivity index (χ1n) is 25.6. The van der Waals surface area contributed by atoms with Crippen molar-refractivity contribution in [2.75, 3.05) is 13.2 Å². The molecule has 0 spiro atoms. The van der Waals surface area contributed by atoms with Gasteiger partial charge in [0.15, 0.2) is 6.10 Å². The smallest absolute Gasteiger partial charge is 0.306 e. The topological polar surface area (TPSA) is 78.9 Å². The van der Waals surface area contributed by atoms with Crippen LogP contribution >= 0.6 is 0 Å². The van der Waals surface area contributed by atoms with Gasteiger partial charge >= 0.3 is 17.9 Å². The van der Waals surface area contributed by atoms with Crippen LogP contribution in [-0.2, 0) is 28.6 Å². The second-order valence-corrected chi connectivity index (χ2v) is 16.4. The summed E-state index contributed by atoms with van der Waals surface area (Å²) >= 11 is 0. The molecule has 0 saturated heterocycles. The second kappa shape index (κ2) is 51.4. The van der Waals surface area contributed by atoms with Crippen LogP contribution in [0.5, 0.6) is 0 Å². The van der Waals surface area contributed by atoms with E-state index in [-0.39, 0.29) is 44.0 Å². The molecule has 0 rings (SSSR count). The summed E-state index contributed by atoms with van der Waals surface area (Å²) in [5.74, 6) is -1.03. The molecule has 0 fully saturated rings. The molecule has 0 aliphatic rings. The summed E-state index contributed by atoms with van der Waals surface area (Å²) < 4.78 is 16.7. The predicted octanol–water partition coefficient (Wildman–Crippen LogP) is 16.9. The molecule has 0 N–H and O–H groups in total. The molecule has 0 aromatic rings. The molecule has 1 atom stereocenters. The fourth-order valence-electron chi connectivity index (χ4n) is 6.52. The van der Waals surface area contributed by atoms with E-state index in [1.807, 2.05) is 54.7 Å². The summed E-state index contributed by atoms with van der Waals surface area (Å²) in [5.41, 5.74) is 0. The van der Waals surface area contributed by atoms with Crippen LogP contribution in [0.25, 0.3) is 0 Å². The normalized spacial score (nSPS) is 13.1. The molecule has 64 heavy (non-hydrogen) atoms. The van der Waals surface area contributed by atoms with E-state index in [2.05, 4.69) is 87.6 Å². The fraction of sp³-hybridized carbons (Fsp3) is 0.603. The molecule has 0 bridgehead atoms. The first-order chi connectivity index (χ1) is 31.5. The van der Waals surface area contributed by atoms with Gasteiger partial charge in [-0.2, -0.15) is 0 Å². The first kappa shape index (κ1) is 59.8. The van der Waals surface area contributed by atoms with Gasteiger partial charge < -0.3 is 14.2 Å². The van der Waals surface area contributed by atoms with E-state index in [1.165, 1.54) is 57.8 Å². The number of rotatable bonds is 44. The number of allylic oxidation sites excluding steroid dienone is 20. The van der Waals surface area contributed by atoms with Crippen molar-refractivity contribution >= 4 is 17.9 Å². The van der Waals surface area contributed by atoms with Crippen LogP contribution in [0.4, 0.5) is 0 Å². The molecule has 0 aromatic heterocycles. The highest BCUT2D eigenvalue weighted by Gasteiger charge is 2.19. The summed E-state index contributed by atoms with van der Waals surface area (Å²) in [5, 5.41) is 0. The van der Waals surface area contributed by atoms with Gasteiger partial charge in [-0.15, -0.1) is 0 Å². The minimum Gasteiger partial charge on any atom is -0.462 e. The lowest BCUT2D eigenvalue weighted by atomic mass is 10.1. The Morgan fingerprint density at radius 1 is 0.344 bits per heavy atom. The number of esters is 3. The largest absolute Gasteiger partial charge is 0.462 e. The van der Waals surface area contributed by atoms with Crippen molar-refractivity contribution in [3.63, 3.8) is 0 Å². The van der Waals surface area contributed by atoms with E-state index in [1.54, 1.807) is 0 Å². The third-order valence-electron chi connectivity index (χ3n) is 10.3. The third kappa shape index (κ3) is 48.8. The maximum Gasteiger partial charge on any atom is 0.306 e. The van der Waals surface area contributed by atoms with E-state index >= 15 is 0 Å². The first-order valence-corrected chi connectivity index (χ1v) is 25.6. The lowest BCUT2D eigenvalue weighted by molar-refractivity contribution is -0.167. The molecule has 0 aromatic carbocycles. The summed E-state index contributed by atoms with van der Waals surface area (Å²) in [6, 6.07) is 0. The van der Waals surface area contributed by atoms with Crippen LogP contribution in [0.15, 0.2) is 122 Å². The van der Waals surface area contributed by atoms with Gasteiger partial charge in [0.05, 0.1) is 0 Å². The Hall–Kier alpha value is -4.19. The molecule has 1 unspecified atom stereocenters. The summed E-state index contributed by atoms with van der Waals surface area (Å²) in [7, 11) is 0. The predicted molar refractivity (Wildman–Crippen MR) is 274 cm³/mol. The lowest BCUT2D eigenvalue weighted by Gasteiger charge is -2.18. The number of hydrogen-bond donors (Lipinski definition) is 0. The van der Waals surface area contributed by atoms with Crippen molar-refractivity contribution < 1.29 is 28.6 Å². The molecular formula is C58H92O6. The van der Waals surface area contributed by atoms with Crippen LogP contribution in [0, 0.1) is 0 Å². The highest BCUT2D eigenvalue weighted by Crippen LogP contribution is 2.13. The highest BCUT2D eigenvalue weighted by atomic mass is 16.6. The third-order valence-corrected chi connectivity index (χ3v) is 10.3. The van der Waals surface area contributed by atoms with Gasteiger partial charge in [-0.1, -0.05) is 213 Å². The number of ether oxygens (including phenoxy) is 3. The summed E-state index contributed by atoms with van der Waals surface area (Å²) in [4.78, 5) is 37.9. The summed E-state index contributed by atoms with van der Waals surface area (Å²) in [6.45, 7) is 6.27. The van der Waals surface area contributed by atoms with Gasteiger partial charge in [0.25, 0.3) is 0 Å². The maximum absolute atomic E-state index is 12.8. The van der Waals surface area contributed by atoms with E-state index in [4.69, 9.17) is 14.2 Å². The van der Waals surface area contributed by atoms with Gasteiger partial charge in [0, 0.05) is 19.3 Å². The molecule has 0 saturated carbocycles. The van der Waals surface area contributed by atoms with Crippen LogP contribution in [0.3, 0.4) is 0 Å². The molecule has 0 heterocycles. The molecule has 6 heteroatoms. The zero-order valence-corrected chi connectivity index (χ0v) is 41.0. The minimum atomic E-state index is -0.823. The number of unbranched alkanes of at least 4 members (excludes halogenated alkanes) is 17. The van der Waals surface area contributed by atoms with E-state index in [9.17, 15) is 14.4 Å². The average Bonchev–Trinajstić information content (AvgIpc) is 3.29. The fourth-order valence-corrected chi connectivity index (χ4v) is 6.52. The number of carbonyl (C=O) groups excluding carboxylic acids is 3. The Kier molecular flexibility index (Phi) is 48.1. The Bertz CT molecular complexity index is 1390. The molecule has 0 amide bonds. The van der Waals surface area contributed by atoms with Crippen molar-refractivity contribution in [2.45, 2.75) is 213 Å². The lowest BCUT2D eigenvalue weighted by Crippen LogP contribution is -2.30. The Balaban J connectivity index is 4.52. The molecule has 360 valence electrons. The standard InChI is InChI=1S/C58H92O6/c1-4-7-10-13-16-19-22-25-27-28-29-30-31-34-36-39-42-45-48-51-57(60)63-54-55(53-62-56(59)50-47-44-41-38-35-32-24-21-18-15-12-9-6-3)64-58(61)52-49-46-43-40-37-33-26-23-20-17-14-11-8-5-2/h7,9-10,12,15-16,18-19,21,24-25,27,29-30,32-33,35,37-38,41,55H,4-6,8,11,13-14,17,20,22-23,26,28,31,34,36,39-40,42-54H2,1-3H3/b10-7+,12-9+,18-15+,19-16+,24-21+,27-25+,30-29+,35-32+,37-33+,41-38+. The van der Waals surface area contributed by atoms with Gasteiger partial charge in [-0.3, -0.25) is 14.4 Å². The highest BCUT2D eigenvalue weighted by molar-refractivity contribution is 5.71. The van der Waals surface area contributed by atoms with Crippen molar-refractivity contribution in [1.29, 1.82) is 0 Å². The van der Waals surface area contributed by atoms with Crippen molar-refractivity contribution in [2.24, 2.45) is 0 Å². The molecule has 0 aliphatic heterocycles. The van der Waals surface area contributed by atoms with Gasteiger partial charge in [0.2, 0.25) is 0 Å².